The Hall–Kier alpha value is -1.84. The van der Waals surface area contributed by atoms with E-state index in [1.54, 1.807) is 0 Å². The van der Waals surface area contributed by atoms with Crippen LogP contribution in [0.1, 0.15) is 44.6 Å². The van der Waals surface area contributed by atoms with Gasteiger partial charge in [-0.3, -0.25) is 0 Å². The summed E-state index contributed by atoms with van der Waals surface area (Å²) in [6, 6.07) is 6.84. The third-order valence-electron chi connectivity index (χ3n) is 4.46. The lowest BCUT2D eigenvalue weighted by molar-refractivity contribution is 0.502. The van der Waals surface area contributed by atoms with Crippen molar-refractivity contribution in [2.45, 2.75) is 52.0 Å². The van der Waals surface area contributed by atoms with Crippen LogP contribution in [0.2, 0.25) is 0 Å². The zero-order valence-corrected chi connectivity index (χ0v) is 12.8. The van der Waals surface area contributed by atoms with E-state index >= 15 is 0 Å². The number of hydrogen-bond acceptors (Lipinski definition) is 4. The van der Waals surface area contributed by atoms with Gasteiger partial charge in [-0.15, -0.1) is 10.2 Å². The van der Waals surface area contributed by atoms with Gasteiger partial charge >= 0.3 is 0 Å². The molecule has 2 aromatic rings. The number of aromatic nitrogens is 2. The average molecular weight is 285 g/mol. The largest absolute Gasteiger partial charge is 0.423 e. The Bertz CT molecular complexity index is 580. The molecular weight excluding hydrogens is 262 g/mol. The van der Waals surface area contributed by atoms with Gasteiger partial charge in [0, 0.05) is 17.3 Å². The molecule has 1 aliphatic rings. The molecule has 21 heavy (non-hydrogen) atoms. The van der Waals surface area contributed by atoms with E-state index in [1.165, 1.54) is 49.7 Å². The lowest BCUT2D eigenvalue weighted by atomic mass is 10.0. The standard InChI is InChI=1S/C17H23N3O/c1-12-4-3-5-15(9-6-12)19-16-10-14(8-7-13(16)2)17-20-18-11-21-17/h7-8,10-12,15,19H,3-6,9H2,1-2H3. The molecule has 112 valence electrons. The van der Waals surface area contributed by atoms with E-state index in [4.69, 9.17) is 4.42 Å². The second kappa shape index (κ2) is 6.29. The van der Waals surface area contributed by atoms with E-state index in [-0.39, 0.29) is 0 Å². The summed E-state index contributed by atoms with van der Waals surface area (Å²) in [6.45, 7) is 4.50. The highest BCUT2D eigenvalue weighted by molar-refractivity contribution is 5.64. The Balaban J connectivity index is 1.76. The molecule has 0 saturated heterocycles. The van der Waals surface area contributed by atoms with E-state index < -0.39 is 0 Å². The van der Waals surface area contributed by atoms with Gasteiger partial charge in [-0.05, 0) is 49.8 Å². The summed E-state index contributed by atoms with van der Waals surface area (Å²) in [7, 11) is 0. The van der Waals surface area contributed by atoms with Crippen LogP contribution in [0.15, 0.2) is 29.0 Å². The zero-order valence-electron chi connectivity index (χ0n) is 12.8. The Morgan fingerprint density at radius 1 is 1.19 bits per heavy atom. The molecule has 1 fully saturated rings. The van der Waals surface area contributed by atoms with E-state index in [0.717, 1.165) is 11.5 Å². The summed E-state index contributed by atoms with van der Waals surface area (Å²) in [5, 5.41) is 11.5. The molecule has 1 saturated carbocycles. The van der Waals surface area contributed by atoms with Crippen LogP contribution in [0.5, 0.6) is 0 Å². The molecule has 0 spiro atoms. The maximum Gasteiger partial charge on any atom is 0.247 e. The molecule has 1 aromatic heterocycles. The first kappa shape index (κ1) is 14.1. The summed E-state index contributed by atoms with van der Waals surface area (Å²) < 4.78 is 5.29. The lowest BCUT2D eigenvalue weighted by Crippen LogP contribution is -2.19. The van der Waals surface area contributed by atoms with Crippen molar-refractivity contribution in [1.29, 1.82) is 0 Å². The number of aryl methyl sites for hydroxylation is 1. The highest BCUT2D eigenvalue weighted by Crippen LogP contribution is 2.28. The molecular formula is C17H23N3O. The third kappa shape index (κ3) is 3.43. The molecule has 1 aliphatic carbocycles. The van der Waals surface area contributed by atoms with Gasteiger partial charge in [-0.1, -0.05) is 25.8 Å². The van der Waals surface area contributed by atoms with Crippen molar-refractivity contribution in [2.24, 2.45) is 5.92 Å². The number of hydrogen-bond donors (Lipinski definition) is 1. The van der Waals surface area contributed by atoms with Crippen LogP contribution in [0.4, 0.5) is 5.69 Å². The Morgan fingerprint density at radius 2 is 2.10 bits per heavy atom. The predicted molar refractivity (Wildman–Crippen MR) is 84.1 cm³/mol. The first-order chi connectivity index (χ1) is 10.2. The van der Waals surface area contributed by atoms with Crippen molar-refractivity contribution in [1.82, 2.24) is 10.2 Å². The van der Waals surface area contributed by atoms with Gasteiger partial charge in [0.25, 0.3) is 0 Å². The minimum absolute atomic E-state index is 0.576. The second-order valence-electron chi connectivity index (χ2n) is 6.23. The van der Waals surface area contributed by atoms with Crippen LogP contribution in [0.25, 0.3) is 11.5 Å². The maximum atomic E-state index is 5.29. The summed E-state index contributed by atoms with van der Waals surface area (Å²) in [5.74, 6) is 1.44. The van der Waals surface area contributed by atoms with Crippen molar-refractivity contribution < 1.29 is 4.42 Å². The van der Waals surface area contributed by atoms with Crippen LogP contribution in [0.3, 0.4) is 0 Å². The summed E-state index contributed by atoms with van der Waals surface area (Å²) in [4.78, 5) is 0. The van der Waals surface area contributed by atoms with E-state index in [9.17, 15) is 0 Å². The van der Waals surface area contributed by atoms with E-state index in [2.05, 4.69) is 41.5 Å². The maximum absolute atomic E-state index is 5.29. The number of anilines is 1. The fourth-order valence-corrected chi connectivity index (χ4v) is 3.06. The van der Waals surface area contributed by atoms with Gasteiger partial charge < -0.3 is 9.73 Å². The minimum Gasteiger partial charge on any atom is -0.423 e. The molecule has 1 N–H and O–H groups in total. The van der Waals surface area contributed by atoms with Crippen molar-refractivity contribution >= 4 is 5.69 Å². The molecule has 1 heterocycles. The number of nitrogens with zero attached hydrogens (tertiary/aromatic N) is 2. The molecule has 2 atom stereocenters. The smallest absolute Gasteiger partial charge is 0.247 e. The second-order valence-corrected chi connectivity index (χ2v) is 6.23. The van der Waals surface area contributed by atoms with Crippen LogP contribution in [-0.2, 0) is 0 Å². The van der Waals surface area contributed by atoms with Gasteiger partial charge in [-0.2, -0.15) is 0 Å². The van der Waals surface area contributed by atoms with Crippen LogP contribution in [0, 0.1) is 12.8 Å². The molecule has 4 heteroatoms. The molecule has 2 unspecified atom stereocenters. The third-order valence-corrected chi connectivity index (χ3v) is 4.46. The van der Waals surface area contributed by atoms with E-state index in [0.29, 0.717) is 11.9 Å². The minimum atomic E-state index is 0.576. The molecule has 0 radical (unpaired) electrons. The summed E-state index contributed by atoms with van der Waals surface area (Å²) >= 11 is 0. The summed E-state index contributed by atoms with van der Waals surface area (Å²) in [5.41, 5.74) is 3.42. The predicted octanol–water partition coefficient (Wildman–Crippen LogP) is 4.43. The van der Waals surface area contributed by atoms with Gasteiger partial charge in [-0.25, -0.2) is 0 Å². The number of nitrogens with one attached hydrogen (secondary N) is 1. The number of benzene rings is 1. The fraction of sp³-hybridized carbons (Fsp3) is 0.529. The molecule has 0 amide bonds. The highest BCUT2D eigenvalue weighted by atomic mass is 16.4. The monoisotopic (exact) mass is 285 g/mol. The molecule has 4 nitrogen and oxygen atoms in total. The SMILES string of the molecule is Cc1ccc(-c2nnco2)cc1NC1CCCC(C)CC1. The van der Waals surface area contributed by atoms with Crippen molar-refractivity contribution in [3.05, 3.63) is 30.2 Å². The fourth-order valence-electron chi connectivity index (χ4n) is 3.06. The normalized spacial score (nSPS) is 22.8. The molecule has 0 aliphatic heterocycles. The lowest BCUT2D eigenvalue weighted by Gasteiger charge is -2.20. The number of rotatable bonds is 3. The Labute approximate surface area is 126 Å². The summed E-state index contributed by atoms with van der Waals surface area (Å²) in [6.07, 6.45) is 7.88. The van der Waals surface area contributed by atoms with E-state index in [1.807, 2.05) is 6.07 Å². The Morgan fingerprint density at radius 3 is 2.90 bits per heavy atom. The van der Waals surface area contributed by atoms with Crippen LogP contribution in [-0.4, -0.2) is 16.2 Å². The van der Waals surface area contributed by atoms with Crippen LogP contribution >= 0.6 is 0 Å². The van der Waals surface area contributed by atoms with Crippen molar-refractivity contribution in [3.8, 4) is 11.5 Å². The molecule has 1 aromatic carbocycles. The highest BCUT2D eigenvalue weighted by Gasteiger charge is 2.17. The van der Waals surface area contributed by atoms with Gasteiger partial charge in [0.2, 0.25) is 12.3 Å². The average Bonchev–Trinajstić information content (AvgIpc) is 2.93. The van der Waals surface area contributed by atoms with Crippen molar-refractivity contribution in [3.63, 3.8) is 0 Å². The Kier molecular flexibility index (Phi) is 4.23. The first-order valence-corrected chi connectivity index (χ1v) is 7.86. The zero-order chi connectivity index (χ0) is 14.7. The molecule has 3 rings (SSSR count). The van der Waals surface area contributed by atoms with Gasteiger partial charge in [0.1, 0.15) is 0 Å². The quantitative estimate of drug-likeness (QED) is 0.848. The van der Waals surface area contributed by atoms with Gasteiger partial charge in [0.15, 0.2) is 0 Å². The van der Waals surface area contributed by atoms with Gasteiger partial charge in [0.05, 0.1) is 0 Å². The first-order valence-electron chi connectivity index (χ1n) is 7.86. The van der Waals surface area contributed by atoms with Crippen molar-refractivity contribution in [2.75, 3.05) is 5.32 Å². The topological polar surface area (TPSA) is 51.0 Å². The van der Waals surface area contributed by atoms with Crippen LogP contribution < -0.4 is 5.32 Å². The molecule has 0 bridgehead atoms.